The Hall–Kier alpha value is -3.02. The predicted molar refractivity (Wildman–Crippen MR) is 95.6 cm³/mol. The number of fused-ring (bicyclic) bond motifs is 1. The van der Waals surface area contributed by atoms with Gasteiger partial charge in [-0.2, -0.15) is 0 Å². The number of carbonyl (C=O) groups is 1. The molecule has 0 saturated carbocycles. The Bertz CT molecular complexity index is 995. The zero-order chi connectivity index (χ0) is 18.7. The van der Waals surface area contributed by atoms with Crippen LogP contribution in [-0.2, 0) is 17.8 Å². The van der Waals surface area contributed by atoms with E-state index in [1.165, 1.54) is 13.2 Å². The number of aryl methyl sites for hydroxylation is 2. The third kappa shape index (κ3) is 3.64. The summed E-state index contributed by atoms with van der Waals surface area (Å²) in [7, 11) is 1.30. The van der Waals surface area contributed by atoms with Gasteiger partial charge in [-0.05, 0) is 37.1 Å². The number of ether oxygens (including phenoxy) is 2. The topological polar surface area (TPSA) is 78.9 Å². The van der Waals surface area contributed by atoms with Gasteiger partial charge in [-0.1, -0.05) is 13.3 Å². The molecular weight excluding hydrogens is 336 g/mol. The van der Waals surface area contributed by atoms with Crippen molar-refractivity contribution in [3.8, 4) is 5.75 Å². The molecular formula is C20H20O6. The molecule has 2 aromatic heterocycles. The van der Waals surface area contributed by atoms with Crippen LogP contribution in [-0.4, -0.2) is 13.1 Å². The fourth-order valence-electron chi connectivity index (χ4n) is 2.80. The fourth-order valence-corrected chi connectivity index (χ4v) is 2.80. The van der Waals surface area contributed by atoms with Crippen LogP contribution in [0.3, 0.4) is 0 Å². The average molecular weight is 356 g/mol. The summed E-state index contributed by atoms with van der Waals surface area (Å²) in [6, 6.07) is 8.56. The minimum atomic E-state index is -0.532. The van der Waals surface area contributed by atoms with Crippen LogP contribution >= 0.6 is 0 Å². The summed E-state index contributed by atoms with van der Waals surface area (Å²) < 4.78 is 21.1. The molecule has 0 saturated heterocycles. The van der Waals surface area contributed by atoms with Gasteiger partial charge < -0.3 is 18.3 Å². The molecule has 0 aliphatic heterocycles. The lowest BCUT2D eigenvalue weighted by Gasteiger charge is -2.08. The first-order chi connectivity index (χ1) is 12.5. The van der Waals surface area contributed by atoms with Gasteiger partial charge in [0.2, 0.25) is 5.76 Å². The molecule has 3 aromatic rings. The predicted octanol–water partition coefficient (Wildman–Crippen LogP) is 4.01. The second kappa shape index (κ2) is 7.47. The molecule has 2 heterocycles. The summed E-state index contributed by atoms with van der Waals surface area (Å²) in [5.74, 6) is 0.755. The van der Waals surface area contributed by atoms with Crippen LogP contribution in [0.1, 0.15) is 40.8 Å². The lowest BCUT2D eigenvalue weighted by molar-refractivity contribution is 0.0563. The molecule has 0 unspecified atom stereocenters. The van der Waals surface area contributed by atoms with Crippen molar-refractivity contribution in [1.82, 2.24) is 0 Å². The summed E-state index contributed by atoms with van der Waals surface area (Å²) >= 11 is 0. The Morgan fingerprint density at radius 2 is 1.92 bits per heavy atom. The van der Waals surface area contributed by atoms with E-state index in [2.05, 4.69) is 11.7 Å². The Morgan fingerprint density at radius 3 is 2.65 bits per heavy atom. The molecule has 136 valence electrons. The van der Waals surface area contributed by atoms with E-state index in [1.54, 1.807) is 19.1 Å². The maximum atomic E-state index is 11.7. The van der Waals surface area contributed by atoms with Gasteiger partial charge in [0.25, 0.3) is 0 Å². The van der Waals surface area contributed by atoms with Gasteiger partial charge >= 0.3 is 11.6 Å². The van der Waals surface area contributed by atoms with Crippen LogP contribution in [0.15, 0.2) is 44.0 Å². The van der Waals surface area contributed by atoms with Crippen LogP contribution in [0.5, 0.6) is 5.75 Å². The lowest BCUT2D eigenvalue weighted by Crippen LogP contribution is -2.01. The summed E-state index contributed by atoms with van der Waals surface area (Å²) in [5, 5.41) is 0.909. The van der Waals surface area contributed by atoms with Crippen LogP contribution in [0.25, 0.3) is 11.0 Å². The van der Waals surface area contributed by atoms with Crippen molar-refractivity contribution >= 4 is 16.9 Å². The number of hydrogen-bond donors (Lipinski definition) is 0. The van der Waals surface area contributed by atoms with Gasteiger partial charge in [-0.25, -0.2) is 9.59 Å². The van der Waals surface area contributed by atoms with Crippen molar-refractivity contribution in [1.29, 1.82) is 0 Å². The monoisotopic (exact) mass is 356 g/mol. The molecule has 0 bridgehead atoms. The van der Waals surface area contributed by atoms with E-state index < -0.39 is 5.97 Å². The second-order valence-electron chi connectivity index (χ2n) is 5.97. The van der Waals surface area contributed by atoms with E-state index in [-0.39, 0.29) is 18.0 Å². The van der Waals surface area contributed by atoms with Gasteiger partial charge in [-0.3, -0.25) is 0 Å². The maximum Gasteiger partial charge on any atom is 0.373 e. The van der Waals surface area contributed by atoms with Crippen LogP contribution < -0.4 is 10.4 Å². The number of rotatable bonds is 6. The van der Waals surface area contributed by atoms with Gasteiger partial charge in [0.15, 0.2) is 0 Å². The number of hydrogen-bond acceptors (Lipinski definition) is 6. The van der Waals surface area contributed by atoms with Crippen molar-refractivity contribution in [2.75, 3.05) is 7.11 Å². The standard InChI is InChI=1S/C20H20O6/c1-4-5-13-9-19(21)26-17-10-15(6-7-16(13)17)24-11-14-8-18(20(22)23-3)25-12(14)2/h6-10H,4-5,11H2,1-3H3. The van der Waals surface area contributed by atoms with Crippen LogP contribution in [0.2, 0.25) is 0 Å². The molecule has 0 aliphatic rings. The van der Waals surface area contributed by atoms with E-state index in [0.29, 0.717) is 17.1 Å². The van der Waals surface area contributed by atoms with E-state index >= 15 is 0 Å². The van der Waals surface area contributed by atoms with Gasteiger partial charge in [0.05, 0.1) is 7.11 Å². The molecule has 0 N–H and O–H groups in total. The minimum Gasteiger partial charge on any atom is -0.489 e. The summed E-state index contributed by atoms with van der Waals surface area (Å²) in [6.45, 7) is 4.03. The number of benzene rings is 1. The fraction of sp³-hybridized carbons (Fsp3) is 0.300. The first kappa shape index (κ1) is 17.8. The molecule has 6 nitrogen and oxygen atoms in total. The van der Waals surface area contributed by atoms with Gasteiger partial charge in [-0.15, -0.1) is 0 Å². The molecule has 1 aromatic carbocycles. The first-order valence-electron chi connectivity index (χ1n) is 8.39. The zero-order valence-electron chi connectivity index (χ0n) is 15.0. The lowest BCUT2D eigenvalue weighted by atomic mass is 10.1. The SMILES string of the molecule is CCCc1cc(=O)oc2cc(OCc3cc(C(=O)OC)oc3C)ccc12. The van der Waals surface area contributed by atoms with Crippen molar-refractivity contribution in [2.45, 2.75) is 33.3 Å². The highest BCUT2D eigenvalue weighted by molar-refractivity contribution is 5.86. The molecule has 26 heavy (non-hydrogen) atoms. The van der Waals surface area contributed by atoms with Crippen LogP contribution in [0, 0.1) is 6.92 Å². The maximum absolute atomic E-state index is 11.7. The molecule has 0 fully saturated rings. The zero-order valence-corrected chi connectivity index (χ0v) is 15.0. The molecule has 0 radical (unpaired) electrons. The molecule has 0 atom stereocenters. The summed E-state index contributed by atoms with van der Waals surface area (Å²) in [6.07, 6.45) is 1.76. The van der Waals surface area contributed by atoms with E-state index in [1.807, 2.05) is 12.1 Å². The average Bonchev–Trinajstić information content (AvgIpc) is 3.00. The summed E-state index contributed by atoms with van der Waals surface area (Å²) in [5.41, 5.74) is 1.84. The minimum absolute atomic E-state index is 0.136. The number of carbonyl (C=O) groups excluding carboxylic acids is 1. The van der Waals surface area contributed by atoms with Gasteiger partial charge in [0, 0.05) is 23.1 Å². The molecule has 0 spiro atoms. The third-order valence-electron chi connectivity index (χ3n) is 4.12. The highest BCUT2D eigenvalue weighted by atomic mass is 16.5. The number of methoxy groups -OCH3 is 1. The smallest absolute Gasteiger partial charge is 0.373 e. The molecule has 0 aliphatic carbocycles. The summed E-state index contributed by atoms with van der Waals surface area (Å²) in [4.78, 5) is 23.3. The Morgan fingerprint density at radius 1 is 1.12 bits per heavy atom. The van der Waals surface area contributed by atoms with E-state index in [9.17, 15) is 9.59 Å². The highest BCUT2D eigenvalue weighted by Gasteiger charge is 2.15. The van der Waals surface area contributed by atoms with Crippen LogP contribution in [0.4, 0.5) is 0 Å². The number of furan rings is 1. The van der Waals surface area contributed by atoms with E-state index in [0.717, 1.165) is 29.4 Å². The molecule has 6 heteroatoms. The number of esters is 1. The Balaban J connectivity index is 1.83. The largest absolute Gasteiger partial charge is 0.489 e. The molecule has 3 rings (SSSR count). The van der Waals surface area contributed by atoms with Crippen molar-refractivity contribution < 1.29 is 23.1 Å². The quantitative estimate of drug-likeness (QED) is 0.490. The van der Waals surface area contributed by atoms with Gasteiger partial charge in [0.1, 0.15) is 23.7 Å². The normalized spacial score (nSPS) is 10.9. The van der Waals surface area contributed by atoms with Crippen molar-refractivity contribution in [3.63, 3.8) is 0 Å². The highest BCUT2D eigenvalue weighted by Crippen LogP contribution is 2.25. The Labute approximate surface area is 150 Å². The first-order valence-corrected chi connectivity index (χ1v) is 8.39. The third-order valence-corrected chi connectivity index (χ3v) is 4.12. The Kier molecular flexibility index (Phi) is 5.11. The van der Waals surface area contributed by atoms with Crippen molar-refractivity contribution in [3.05, 3.63) is 63.4 Å². The van der Waals surface area contributed by atoms with Crippen molar-refractivity contribution in [2.24, 2.45) is 0 Å². The second-order valence-corrected chi connectivity index (χ2v) is 5.97. The molecule has 0 amide bonds. The van der Waals surface area contributed by atoms with E-state index in [4.69, 9.17) is 13.6 Å².